The van der Waals surface area contributed by atoms with Crippen LogP contribution in [0.3, 0.4) is 0 Å². The third kappa shape index (κ3) is 5.39. The van der Waals surface area contributed by atoms with Gasteiger partial charge in [0.05, 0.1) is 7.11 Å². The van der Waals surface area contributed by atoms with Crippen molar-refractivity contribution in [1.29, 1.82) is 0 Å². The number of ether oxygens (including phenoxy) is 2. The number of carbonyl (C=O) groups excluding carboxylic acids is 2. The molecular weight excluding hydrogens is 396 g/mol. The highest BCUT2D eigenvalue weighted by atomic mass is 16.5. The number of hydrogen-bond donors (Lipinski definition) is 2. The van der Waals surface area contributed by atoms with E-state index in [0.717, 1.165) is 11.1 Å². The number of esters is 1. The van der Waals surface area contributed by atoms with Crippen molar-refractivity contribution >= 4 is 11.9 Å². The van der Waals surface area contributed by atoms with Crippen LogP contribution in [0.1, 0.15) is 34.5 Å². The number of nitrogens with one attached hydrogen (secondary N) is 1. The lowest BCUT2D eigenvalue weighted by Gasteiger charge is -2.25. The van der Waals surface area contributed by atoms with Gasteiger partial charge in [0.15, 0.2) is 17.2 Å². The molecule has 0 spiro atoms. The molecule has 2 N–H and O–H groups in total. The first-order chi connectivity index (χ1) is 15.0. The van der Waals surface area contributed by atoms with Gasteiger partial charge in [-0.1, -0.05) is 60.7 Å². The van der Waals surface area contributed by atoms with Gasteiger partial charge < -0.3 is 19.9 Å². The van der Waals surface area contributed by atoms with Crippen LogP contribution in [0.25, 0.3) is 0 Å². The van der Waals surface area contributed by atoms with E-state index in [4.69, 9.17) is 9.47 Å². The number of benzene rings is 2. The van der Waals surface area contributed by atoms with Crippen molar-refractivity contribution in [2.45, 2.75) is 18.9 Å². The number of aromatic hydroxyl groups is 1. The van der Waals surface area contributed by atoms with E-state index in [1.807, 2.05) is 67.6 Å². The van der Waals surface area contributed by atoms with Crippen molar-refractivity contribution < 1.29 is 24.2 Å². The van der Waals surface area contributed by atoms with Crippen LogP contribution in [0, 0.1) is 0 Å². The molecule has 7 heteroatoms. The highest BCUT2D eigenvalue weighted by molar-refractivity contribution is 5.97. The Kier molecular flexibility index (Phi) is 7.22. The number of carbonyl (C=O) groups is 2. The van der Waals surface area contributed by atoms with Gasteiger partial charge in [-0.3, -0.25) is 9.59 Å². The molecule has 0 bridgehead atoms. The monoisotopic (exact) mass is 420 g/mol. The van der Waals surface area contributed by atoms with Crippen LogP contribution in [-0.4, -0.2) is 41.7 Å². The average Bonchev–Trinajstić information content (AvgIpc) is 2.79. The normalized spacial score (nSPS) is 11.6. The molecule has 0 aliphatic heterocycles. The molecule has 0 aliphatic carbocycles. The predicted molar refractivity (Wildman–Crippen MR) is 115 cm³/mol. The maximum atomic E-state index is 12.4. The van der Waals surface area contributed by atoms with Gasteiger partial charge in [-0.15, -0.1) is 0 Å². The highest BCUT2D eigenvalue weighted by Crippen LogP contribution is 2.30. The number of aromatic nitrogens is 1. The summed E-state index contributed by atoms with van der Waals surface area (Å²) in [4.78, 5) is 28.6. The molecule has 7 nitrogen and oxygen atoms in total. The number of nitrogens with zero attached hydrogens (tertiary/aromatic N) is 1. The van der Waals surface area contributed by atoms with Crippen LogP contribution in [0.4, 0.5) is 0 Å². The zero-order valence-corrected chi connectivity index (χ0v) is 17.3. The third-order valence-electron chi connectivity index (χ3n) is 4.82. The Morgan fingerprint density at radius 2 is 1.58 bits per heavy atom. The fourth-order valence-electron chi connectivity index (χ4n) is 3.38. The topological polar surface area (TPSA) is 97.8 Å². The van der Waals surface area contributed by atoms with Crippen molar-refractivity contribution in [3.05, 3.63) is 89.7 Å². The summed E-state index contributed by atoms with van der Waals surface area (Å²) in [6.07, 6.45) is 0.857. The Morgan fingerprint density at radius 1 is 1.00 bits per heavy atom. The minimum Gasteiger partial charge on any atom is -0.503 e. The van der Waals surface area contributed by atoms with E-state index in [0.29, 0.717) is 0 Å². The van der Waals surface area contributed by atoms with Gasteiger partial charge in [0, 0.05) is 18.2 Å². The second-order valence-electron chi connectivity index (χ2n) is 6.89. The molecule has 1 atom stereocenters. The molecule has 160 valence electrons. The number of rotatable bonds is 8. The molecule has 1 aromatic heterocycles. The zero-order chi connectivity index (χ0) is 22.2. The van der Waals surface area contributed by atoms with Gasteiger partial charge in [0.2, 0.25) is 0 Å². The molecule has 1 heterocycles. The van der Waals surface area contributed by atoms with Crippen molar-refractivity contribution in [1.82, 2.24) is 10.3 Å². The van der Waals surface area contributed by atoms with Crippen LogP contribution in [0.5, 0.6) is 11.5 Å². The van der Waals surface area contributed by atoms with Gasteiger partial charge >= 0.3 is 5.97 Å². The molecule has 0 radical (unpaired) electrons. The van der Waals surface area contributed by atoms with Crippen molar-refractivity contribution in [3.8, 4) is 11.5 Å². The van der Waals surface area contributed by atoms with E-state index in [-0.39, 0.29) is 23.9 Å². The number of pyridine rings is 1. The summed E-state index contributed by atoms with van der Waals surface area (Å²) in [5.74, 6) is -1.74. The van der Waals surface area contributed by atoms with E-state index >= 15 is 0 Å². The van der Waals surface area contributed by atoms with Crippen LogP contribution < -0.4 is 10.1 Å². The number of methoxy groups -OCH3 is 1. The van der Waals surface area contributed by atoms with E-state index in [9.17, 15) is 14.7 Å². The minimum atomic E-state index is -0.705. The van der Waals surface area contributed by atoms with Crippen LogP contribution >= 0.6 is 0 Å². The summed E-state index contributed by atoms with van der Waals surface area (Å²) < 4.78 is 10.6. The van der Waals surface area contributed by atoms with Crippen LogP contribution in [0.15, 0.2) is 72.9 Å². The Morgan fingerprint density at radius 3 is 2.13 bits per heavy atom. The second-order valence-corrected chi connectivity index (χ2v) is 6.89. The summed E-state index contributed by atoms with van der Waals surface area (Å²) in [7, 11) is 1.37. The fourth-order valence-corrected chi connectivity index (χ4v) is 3.38. The van der Waals surface area contributed by atoms with Gasteiger partial charge in [-0.05, 0) is 18.1 Å². The average molecular weight is 420 g/mol. The van der Waals surface area contributed by atoms with Crippen molar-refractivity contribution in [3.63, 3.8) is 0 Å². The summed E-state index contributed by atoms with van der Waals surface area (Å²) in [6, 6.07) is 21.0. The molecule has 0 saturated carbocycles. The minimum absolute atomic E-state index is 0.116. The van der Waals surface area contributed by atoms with E-state index in [2.05, 4.69) is 10.3 Å². The Bertz CT molecular complexity index is 985. The quantitative estimate of drug-likeness (QED) is 0.543. The molecule has 1 amide bonds. The van der Waals surface area contributed by atoms with Crippen molar-refractivity contribution in [2.24, 2.45) is 0 Å². The molecule has 2 aromatic carbocycles. The van der Waals surface area contributed by atoms with Gasteiger partial charge in [-0.25, -0.2) is 4.98 Å². The first-order valence-electron chi connectivity index (χ1n) is 9.80. The summed E-state index contributed by atoms with van der Waals surface area (Å²) >= 11 is 0. The Labute approximate surface area is 180 Å². The lowest BCUT2D eigenvalue weighted by atomic mass is 9.87. The zero-order valence-electron chi connectivity index (χ0n) is 17.3. The first-order valence-corrected chi connectivity index (χ1v) is 9.80. The van der Waals surface area contributed by atoms with E-state index < -0.39 is 23.7 Å². The third-order valence-corrected chi connectivity index (χ3v) is 4.82. The smallest absolute Gasteiger partial charge is 0.325 e. The highest BCUT2D eigenvalue weighted by Gasteiger charge is 2.25. The molecule has 1 unspecified atom stereocenters. The predicted octanol–water partition coefficient (Wildman–Crippen LogP) is 3.29. The summed E-state index contributed by atoms with van der Waals surface area (Å²) in [5.41, 5.74) is 1.80. The van der Waals surface area contributed by atoms with Gasteiger partial charge in [0.25, 0.3) is 5.91 Å². The largest absolute Gasteiger partial charge is 0.503 e. The molecule has 3 rings (SSSR count). The lowest BCUT2D eigenvalue weighted by Crippen LogP contribution is -2.34. The fraction of sp³-hybridized carbons (Fsp3) is 0.208. The maximum absolute atomic E-state index is 12.4. The Balaban J connectivity index is 1.67. The molecule has 0 saturated heterocycles. The first kappa shape index (κ1) is 21.8. The maximum Gasteiger partial charge on any atom is 0.325 e. The van der Waals surface area contributed by atoms with Crippen molar-refractivity contribution in [2.75, 3.05) is 13.7 Å². The summed E-state index contributed by atoms with van der Waals surface area (Å²) in [6.45, 7) is 1.46. The van der Waals surface area contributed by atoms with Crippen LogP contribution in [-0.2, 0) is 9.53 Å². The molecular formula is C24H24N2O5. The Hall–Kier alpha value is -3.87. The summed E-state index contributed by atoms with van der Waals surface area (Å²) in [5, 5.41) is 12.5. The molecule has 3 aromatic rings. The standard InChI is InChI=1S/C24H24N2O5/c1-16(21(17-9-5-3-6-10-17)18-11-7-4-8-12-18)31-20(27)15-26-24(29)22-23(28)19(30-2)13-14-25-22/h3-14,16,21,28H,15H2,1-2H3,(H,26,29). The number of amides is 1. The second kappa shape index (κ2) is 10.2. The lowest BCUT2D eigenvalue weighted by molar-refractivity contribution is -0.147. The molecule has 0 aliphatic rings. The SMILES string of the molecule is COc1ccnc(C(=O)NCC(=O)OC(C)C(c2ccccc2)c2ccccc2)c1O. The van der Waals surface area contributed by atoms with E-state index in [1.54, 1.807) is 0 Å². The van der Waals surface area contributed by atoms with Gasteiger partial charge in [0.1, 0.15) is 12.6 Å². The number of hydrogen-bond acceptors (Lipinski definition) is 6. The molecule has 31 heavy (non-hydrogen) atoms. The molecule has 0 fully saturated rings. The van der Waals surface area contributed by atoms with Gasteiger partial charge in [-0.2, -0.15) is 0 Å². The van der Waals surface area contributed by atoms with Crippen LogP contribution in [0.2, 0.25) is 0 Å². The van der Waals surface area contributed by atoms with E-state index in [1.165, 1.54) is 19.4 Å².